The summed E-state index contributed by atoms with van der Waals surface area (Å²) in [4.78, 5) is 39.1. The lowest BCUT2D eigenvalue weighted by Crippen LogP contribution is -2.64. The summed E-state index contributed by atoms with van der Waals surface area (Å²) in [5, 5.41) is 17.4. The number of carbonyl (C=O) groups is 3. The Hall–Kier alpha value is -3.30. The van der Waals surface area contributed by atoms with Crippen LogP contribution in [0, 0.1) is 5.92 Å². The van der Waals surface area contributed by atoms with Gasteiger partial charge < -0.3 is 43.6 Å². The van der Waals surface area contributed by atoms with Crippen molar-refractivity contribution in [3.8, 4) is 0 Å². The summed E-state index contributed by atoms with van der Waals surface area (Å²) >= 11 is 0. The first-order valence-corrected chi connectivity index (χ1v) is 14.2. The van der Waals surface area contributed by atoms with E-state index in [1.54, 1.807) is 0 Å². The van der Waals surface area contributed by atoms with Crippen LogP contribution in [0.15, 0.2) is 35.4 Å². The minimum atomic E-state index is -1.30. The maximum absolute atomic E-state index is 13.0. The predicted octanol–water partition coefficient (Wildman–Crippen LogP) is 1.33. The molecule has 0 saturated carbocycles. The largest absolute Gasteiger partial charge is 0.458 e. The van der Waals surface area contributed by atoms with Crippen molar-refractivity contribution in [3.63, 3.8) is 0 Å². The number of hydrogen-bond acceptors (Lipinski definition) is 12. The SMILES string of the molecule is CC(=O)O[C@@H]1C(C)COC(COCCCNC(=O)[C@@H]2OC3COC(c4ccccc4)O[C@@H]3[C@H](O)C2N=[N+]=[N-])[C@@H]1OC(C)=O. The number of azide groups is 1. The van der Waals surface area contributed by atoms with Gasteiger partial charge in [0.15, 0.2) is 12.4 Å². The van der Waals surface area contributed by atoms with Crippen LogP contribution in [-0.4, -0.2) is 105 Å². The third-order valence-electron chi connectivity index (χ3n) is 7.37. The van der Waals surface area contributed by atoms with Gasteiger partial charge in [0.1, 0.15) is 36.6 Å². The molecule has 3 aliphatic heterocycles. The number of hydrogen-bond donors (Lipinski definition) is 2. The second kappa shape index (κ2) is 15.4. The lowest BCUT2D eigenvalue weighted by atomic mass is 9.92. The smallest absolute Gasteiger partial charge is 0.303 e. The van der Waals surface area contributed by atoms with Crippen molar-refractivity contribution in [1.29, 1.82) is 0 Å². The molecule has 0 aromatic heterocycles. The number of benzene rings is 1. The highest BCUT2D eigenvalue weighted by atomic mass is 16.7. The molecule has 15 nitrogen and oxygen atoms in total. The molecule has 1 aromatic carbocycles. The van der Waals surface area contributed by atoms with E-state index in [2.05, 4.69) is 15.3 Å². The van der Waals surface area contributed by atoms with Crippen molar-refractivity contribution in [2.24, 2.45) is 11.0 Å². The lowest BCUT2D eigenvalue weighted by Gasteiger charge is -2.46. The summed E-state index contributed by atoms with van der Waals surface area (Å²) in [6.45, 7) is 5.24. The van der Waals surface area contributed by atoms with E-state index in [9.17, 15) is 19.5 Å². The number of rotatable bonds is 11. The molecule has 236 valence electrons. The molecule has 43 heavy (non-hydrogen) atoms. The van der Waals surface area contributed by atoms with Crippen LogP contribution < -0.4 is 5.32 Å². The Kier molecular flexibility index (Phi) is 11.7. The van der Waals surface area contributed by atoms with Gasteiger partial charge in [0, 0.05) is 43.4 Å². The molecule has 1 aromatic rings. The van der Waals surface area contributed by atoms with Crippen molar-refractivity contribution in [2.75, 3.05) is 33.0 Å². The van der Waals surface area contributed by atoms with Gasteiger partial charge in [-0.05, 0) is 12.0 Å². The van der Waals surface area contributed by atoms with Crippen LogP contribution in [-0.2, 0) is 47.5 Å². The number of aliphatic hydroxyl groups excluding tert-OH is 1. The molecule has 0 spiro atoms. The number of nitrogens with one attached hydrogen (secondary N) is 1. The van der Waals surface area contributed by atoms with E-state index in [1.165, 1.54) is 13.8 Å². The molecule has 1 amide bonds. The van der Waals surface area contributed by atoms with Gasteiger partial charge in [0.2, 0.25) is 5.91 Å². The third kappa shape index (κ3) is 8.42. The van der Waals surface area contributed by atoms with Gasteiger partial charge in [-0.15, -0.1) is 0 Å². The number of amides is 1. The first-order chi connectivity index (χ1) is 20.7. The Morgan fingerprint density at radius 2 is 1.79 bits per heavy atom. The van der Waals surface area contributed by atoms with Crippen LogP contribution >= 0.6 is 0 Å². The molecule has 3 aliphatic rings. The monoisotopic (exact) mass is 606 g/mol. The van der Waals surface area contributed by atoms with Gasteiger partial charge in [-0.25, -0.2) is 0 Å². The molecule has 2 N–H and O–H groups in total. The first-order valence-electron chi connectivity index (χ1n) is 14.2. The Labute approximate surface area is 248 Å². The Morgan fingerprint density at radius 1 is 1.07 bits per heavy atom. The fraction of sp³-hybridized carbons (Fsp3) is 0.679. The molecule has 3 fully saturated rings. The van der Waals surface area contributed by atoms with E-state index in [0.717, 1.165) is 5.56 Å². The van der Waals surface area contributed by atoms with Crippen molar-refractivity contribution in [1.82, 2.24) is 5.32 Å². The van der Waals surface area contributed by atoms with Gasteiger partial charge in [-0.3, -0.25) is 14.4 Å². The fourth-order valence-corrected chi connectivity index (χ4v) is 5.34. The van der Waals surface area contributed by atoms with Crippen LogP contribution in [0.1, 0.15) is 39.0 Å². The normalized spacial score (nSPS) is 33.8. The van der Waals surface area contributed by atoms with E-state index in [1.807, 2.05) is 37.3 Å². The topological polar surface area (TPSA) is 197 Å². The molecule has 4 rings (SSSR count). The van der Waals surface area contributed by atoms with Crippen molar-refractivity contribution < 1.29 is 52.6 Å². The fourth-order valence-electron chi connectivity index (χ4n) is 5.34. The predicted molar refractivity (Wildman–Crippen MR) is 146 cm³/mol. The highest BCUT2D eigenvalue weighted by Gasteiger charge is 2.51. The highest BCUT2D eigenvalue weighted by Crippen LogP contribution is 2.35. The van der Waals surface area contributed by atoms with Crippen molar-refractivity contribution in [3.05, 3.63) is 46.3 Å². The Bertz CT molecular complexity index is 1150. The van der Waals surface area contributed by atoms with Gasteiger partial charge in [-0.2, -0.15) is 0 Å². The summed E-state index contributed by atoms with van der Waals surface area (Å²) < 4.78 is 39.9. The summed E-state index contributed by atoms with van der Waals surface area (Å²) in [6, 6.07) is 7.96. The Balaban J connectivity index is 1.25. The molecule has 0 radical (unpaired) electrons. The second-order valence-electron chi connectivity index (χ2n) is 10.7. The molecule has 10 atom stereocenters. The number of carbonyl (C=O) groups excluding carboxylic acids is 3. The second-order valence-corrected chi connectivity index (χ2v) is 10.7. The van der Waals surface area contributed by atoms with Crippen molar-refractivity contribution in [2.45, 2.75) is 82.3 Å². The first kappa shape index (κ1) is 32.6. The van der Waals surface area contributed by atoms with Crippen LogP contribution in [0.4, 0.5) is 0 Å². The van der Waals surface area contributed by atoms with Gasteiger partial charge >= 0.3 is 11.9 Å². The van der Waals surface area contributed by atoms with Crippen LogP contribution in [0.2, 0.25) is 0 Å². The molecule has 15 heteroatoms. The number of ether oxygens (including phenoxy) is 7. The zero-order valence-corrected chi connectivity index (χ0v) is 24.3. The third-order valence-corrected chi connectivity index (χ3v) is 7.37. The van der Waals surface area contributed by atoms with Gasteiger partial charge in [0.05, 0.1) is 25.9 Å². The maximum Gasteiger partial charge on any atom is 0.303 e. The molecule has 0 bridgehead atoms. The Morgan fingerprint density at radius 3 is 2.49 bits per heavy atom. The van der Waals surface area contributed by atoms with Crippen molar-refractivity contribution >= 4 is 17.8 Å². The van der Waals surface area contributed by atoms with E-state index >= 15 is 0 Å². The molecule has 3 heterocycles. The summed E-state index contributed by atoms with van der Waals surface area (Å²) in [7, 11) is 0. The zero-order valence-electron chi connectivity index (χ0n) is 24.3. The minimum absolute atomic E-state index is 0.0660. The lowest BCUT2D eigenvalue weighted by molar-refractivity contribution is -0.310. The van der Waals surface area contributed by atoms with E-state index in [0.29, 0.717) is 13.0 Å². The average Bonchev–Trinajstić information content (AvgIpc) is 2.98. The maximum atomic E-state index is 13.0. The minimum Gasteiger partial charge on any atom is -0.458 e. The molecule has 3 saturated heterocycles. The molecular formula is C28H38N4O11. The van der Waals surface area contributed by atoms with Gasteiger partial charge in [0.25, 0.3) is 0 Å². The summed E-state index contributed by atoms with van der Waals surface area (Å²) in [5.74, 6) is -1.76. The van der Waals surface area contributed by atoms with Crippen LogP contribution in [0.5, 0.6) is 0 Å². The quantitative estimate of drug-likeness (QED) is 0.121. The van der Waals surface area contributed by atoms with Crippen LogP contribution in [0.25, 0.3) is 10.4 Å². The number of esters is 2. The average molecular weight is 607 g/mol. The highest BCUT2D eigenvalue weighted by molar-refractivity contribution is 5.82. The number of aliphatic hydroxyl groups is 1. The summed E-state index contributed by atoms with van der Waals surface area (Å²) in [6.07, 6.45) is -6.65. The zero-order chi connectivity index (χ0) is 30.9. The number of nitrogens with zero attached hydrogens (tertiary/aromatic N) is 3. The number of fused-ring (bicyclic) bond motifs is 1. The molecule has 0 aliphatic carbocycles. The van der Waals surface area contributed by atoms with Crippen LogP contribution in [0.3, 0.4) is 0 Å². The standard InChI is InChI=1S/C28H38N4O11/c1-15-12-38-19(25(41-17(3)34)23(15)40-16(2)33)13-37-11-7-10-30-27(36)26-21(31-32-29)22(35)24-20(42-26)14-39-28(43-24)18-8-5-4-6-9-18/h4-6,8-9,15,19-26,28,35H,7,10-14H2,1-3H3,(H,30,36)/t15?,19?,20?,21?,22-,23-,24+,25+,26-,28?/m1/s1. The van der Waals surface area contributed by atoms with Gasteiger partial charge in [-0.1, -0.05) is 42.4 Å². The molecule has 5 unspecified atom stereocenters. The summed E-state index contributed by atoms with van der Waals surface area (Å²) in [5.41, 5.74) is 9.85. The van der Waals surface area contributed by atoms with E-state index in [4.69, 9.17) is 38.7 Å². The van der Waals surface area contributed by atoms with E-state index in [-0.39, 0.29) is 32.3 Å². The molecular weight excluding hydrogens is 568 g/mol. The van der Waals surface area contributed by atoms with E-state index < -0.39 is 72.9 Å².